The molecule has 6 nitrogen and oxygen atoms in total. The van der Waals surface area contributed by atoms with Crippen molar-refractivity contribution in [3.8, 4) is 0 Å². The molecule has 0 aromatic carbocycles. The number of hydrogen-bond acceptors (Lipinski definition) is 6. The summed E-state index contributed by atoms with van der Waals surface area (Å²) in [5.74, 6) is -0.158. The molecule has 0 bridgehead atoms. The average molecular weight is 735 g/mol. The first-order valence-electron chi connectivity index (χ1n) is 20.7. The molecule has 0 aliphatic rings. The Hall–Kier alpha value is -1.80. The number of aromatic nitrogens is 2. The van der Waals surface area contributed by atoms with Gasteiger partial charge >= 0.3 is 11.9 Å². The van der Waals surface area contributed by atoms with Crippen molar-refractivity contribution in [2.45, 2.75) is 208 Å². The molecular weight excluding hydrogens is 661 g/mol. The zero-order chi connectivity index (χ0) is 36.1. The SMILES string of the molecule is CCCCCCCCCC[n+]1csc(CCOC(=O)CCCCCCCCC(=O)OCCc2sc[n+](CCCCCCCCCC)c2C)c1C. The monoisotopic (exact) mass is 735 g/mol. The molecule has 2 heterocycles. The van der Waals surface area contributed by atoms with E-state index < -0.39 is 0 Å². The maximum absolute atomic E-state index is 12.2. The van der Waals surface area contributed by atoms with Crippen LogP contribution in [0.2, 0.25) is 0 Å². The van der Waals surface area contributed by atoms with Crippen LogP contribution >= 0.6 is 22.7 Å². The van der Waals surface area contributed by atoms with E-state index in [-0.39, 0.29) is 11.9 Å². The zero-order valence-electron chi connectivity index (χ0n) is 32.7. The summed E-state index contributed by atoms with van der Waals surface area (Å²) >= 11 is 3.58. The van der Waals surface area contributed by atoms with Crippen LogP contribution in [0.4, 0.5) is 0 Å². The summed E-state index contributed by atoms with van der Waals surface area (Å²) in [6.45, 7) is 12.1. The number of nitrogens with zero attached hydrogens (tertiary/aromatic N) is 2. The highest BCUT2D eigenvalue weighted by Crippen LogP contribution is 2.16. The number of ether oxygens (including phenoxy) is 2. The number of carbonyl (C=O) groups is 2. The van der Waals surface area contributed by atoms with Crippen molar-refractivity contribution in [2.75, 3.05) is 13.2 Å². The molecule has 0 aliphatic carbocycles. The van der Waals surface area contributed by atoms with E-state index in [0.717, 1.165) is 64.5 Å². The fourth-order valence-corrected chi connectivity index (χ4v) is 8.58. The zero-order valence-corrected chi connectivity index (χ0v) is 34.3. The van der Waals surface area contributed by atoms with Gasteiger partial charge in [0.15, 0.2) is 11.4 Å². The molecule has 50 heavy (non-hydrogen) atoms. The van der Waals surface area contributed by atoms with E-state index in [9.17, 15) is 9.59 Å². The fraction of sp³-hybridized carbons (Fsp3) is 0.810. The lowest BCUT2D eigenvalue weighted by Gasteiger charge is -2.05. The number of aryl methyl sites for hydroxylation is 2. The number of rotatable bonds is 33. The van der Waals surface area contributed by atoms with Crippen LogP contribution in [-0.4, -0.2) is 25.2 Å². The second-order valence-electron chi connectivity index (χ2n) is 14.4. The summed E-state index contributed by atoms with van der Waals surface area (Å²) in [5, 5.41) is 0. The van der Waals surface area contributed by atoms with Gasteiger partial charge in [-0.1, -0.05) is 139 Å². The summed E-state index contributed by atoms with van der Waals surface area (Å²) in [5.41, 5.74) is 7.12. The maximum atomic E-state index is 12.2. The minimum absolute atomic E-state index is 0.0789. The molecule has 286 valence electrons. The smallest absolute Gasteiger partial charge is 0.305 e. The Labute approximate surface area is 314 Å². The van der Waals surface area contributed by atoms with Gasteiger partial charge in [0.2, 0.25) is 11.0 Å². The molecule has 8 heteroatoms. The predicted molar refractivity (Wildman–Crippen MR) is 210 cm³/mol. The van der Waals surface area contributed by atoms with Crippen molar-refractivity contribution < 1.29 is 28.2 Å². The van der Waals surface area contributed by atoms with Crippen molar-refractivity contribution >= 4 is 34.6 Å². The van der Waals surface area contributed by atoms with E-state index in [4.69, 9.17) is 9.47 Å². The van der Waals surface area contributed by atoms with Gasteiger partial charge in [0.1, 0.15) is 13.1 Å². The van der Waals surface area contributed by atoms with Crippen LogP contribution in [0.3, 0.4) is 0 Å². The van der Waals surface area contributed by atoms with E-state index in [0.29, 0.717) is 26.1 Å². The predicted octanol–water partition coefficient (Wildman–Crippen LogP) is 11.3. The quantitative estimate of drug-likeness (QED) is 0.0416. The molecule has 2 aromatic rings. The first-order chi connectivity index (χ1) is 24.5. The molecule has 0 atom stereocenters. The number of carbonyl (C=O) groups excluding carboxylic acids is 2. The number of thiazole rings is 2. The van der Waals surface area contributed by atoms with Crippen LogP contribution in [0, 0.1) is 13.8 Å². The first-order valence-corrected chi connectivity index (χ1v) is 22.5. The summed E-state index contributed by atoms with van der Waals surface area (Å²) in [6.07, 6.45) is 30.1. The third-order valence-electron chi connectivity index (χ3n) is 10.0. The normalized spacial score (nSPS) is 11.4. The van der Waals surface area contributed by atoms with Gasteiger partial charge in [0.25, 0.3) is 0 Å². The lowest BCUT2D eigenvalue weighted by molar-refractivity contribution is -0.698. The Morgan fingerprint density at radius 3 is 1.18 bits per heavy atom. The minimum Gasteiger partial charge on any atom is -0.465 e. The van der Waals surface area contributed by atoms with Gasteiger partial charge in [0.05, 0.1) is 23.0 Å². The first kappa shape index (κ1) is 44.4. The second-order valence-corrected chi connectivity index (χ2v) is 16.2. The maximum Gasteiger partial charge on any atom is 0.305 e. The molecule has 0 N–H and O–H groups in total. The van der Waals surface area contributed by atoms with Crippen molar-refractivity contribution in [3.05, 3.63) is 32.2 Å². The Morgan fingerprint density at radius 2 is 0.820 bits per heavy atom. The van der Waals surface area contributed by atoms with Crippen LogP contribution in [-0.2, 0) is 45.0 Å². The Balaban J connectivity index is 1.41. The van der Waals surface area contributed by atoms with E-state index in [1.165, 1.54) is 124 Å². The van der Waals surface area contributed by atoms with E-state index in [2.05, 4.69) is 47.9 Å². The summed E-state index contributed by atoms with van der Waals surface area (Å²) in [4.78, 5) is 27.1. The van der Waals surface area contributed by atoms with E-state index in [1.807, 2.05) is 0 Å². The lowest BCUT2D eigenvalue weighted by atomic mass is 10.1. The topological polar surface area (TPSA) is 60.4 Å². The third kappa shape index (κ3) is 20.9. The van der Waals surface area contributed by atoms with Crippen LogP contribution in [0.25, 0.3) is 0 Å². The largest absolute Gasteiger partial charge is 0.465 e. The van der Waals surface area contributed by atoms with E-state index >= 15 is 0 Å². The highest BCUT2D eigenvalue weighted by atomic mass is 32.1. The molecule has 2 aromatic heterocycles. The van der Waals surface area contributed by atoms with Gasteiger partial charge in [-0.15, -0.1) is 0 Å². The third-order valence-corrected chi connectivity index (χ3v) is 12.3. The molecule has 0 saturated heterocycles. The molecule has 2 rings (SSSR count). The Bertz CT molecular complexity index is 1060. The minimum atomic E-state index is -0.0789. The number of hydrogen-bond donors (Lipinski definition) is 0. The Morgan fingerprint density at radius 1 is 0.500 bits per heavy atom. The van der Waals surface area contributed by atoms with Crippen molar-refractivity contribution in [2.24, 2.45) is 0 Å². The highest BCUT2D eigenvalue weighted by Gasteiger charge is 2.17. The van der Waals surface area contributed by atoms with Crippen LogP contribution < -0.4 is 9.13 Å². The molecule has 0 unspecified atom stereocenters. The van der Waals surface area contributed by atoms with Gasteiger partial charge in [-0.2, -0.15) is 9.13 Å². The fourth-order valence-electron chi connectivity index (χ4n) is 6.56. The van der Waals surface area contributed by atoms with Crippen LogP contribution in [0.5, 0.6) is 0 Å². The number of unbranched alkanes of at least 4 members (excludes halogenated alkanes) is 19. The number of esters is 2. The van der Waals surface area contributed by atoms with Gasteiger partial charge in [0, 0.05) is 52.4 Å². The lowest BCUT2D eigenvalue weighted by Crippen LogP contribution is -2.34. The standard InChI is InChI=1S/C42H74N2O4S2/c1-5-7-9-11-13-17-21-25-31-43-35-49-39(37(43)3)29-33-47-41(45)27-23-19-15-16-20-24-28-42(46)48-34-30-40-38(4)44(36-50-40)32-26-22-18-14-12-10-8-6-2/h35-36H,5-34H2,1-4H3/q+2. The van der Waals surface area contributed by atoms with Gasteiger partial charge in [-0.25, -0.2) is 0 Å². The molecule has 0 aliphatic heterocycles. The van der Waals surface area contributed by atoms with E-state index in [1.54, 1.807) is 22.7 Å². The van der Waals surface area contributed by atoms with Crippen molar-refractivity contribution in [1.82, 2.24) is 0 Å². The molecule has 0 radical (unpaired) electrons. The molecular formula is C42H74N2O4S2+2. The summed E-state index contributed by atoms with van der Waals surface area (Å²) < 4.78 is 15.8. The molecule has 0 amide bonds. The Kier molecular flexibility index (Phi) is 26.4. The average Bonchev–Trinajstić information content (AvgIpc) is 3.64. The van der Waals surface area contributed by atoms with Crippen LogP contribution in [0.15, 0.2) is 11.0 Å². The molecule has 0 spiro atoms. The van der Waals surface area contributed by atoms with Gasteiger partial charge in [-0.3, -0.25) is 9.59 Å². The van der Waals surface area contributed by atoms with Crippen molar-refractivity contribution in [1.29, 1.82) is 0 Å². The highest BCUT2D eigenvalue weighted by molar-refractivity contribution is 7.09. The molecule has 0 fully saturated rings. The van der Waals surface area contributed by atoms with Gasteiger partial charge < -0.3 is 9.47 Å². The molecule has 0 saturated carbocycles. The van der Waals surface area contributed by atoms with Crippen molar-refractivity contribution in [3.63, 3.8) is 0 Å². The summed E-state index contributed by atoms with van der Waals surface area (Å²) in [7, 11) is 0. The summed E-state index contributed by atoms with van der Waals surface area (Å²) in [6, 6.07) is 0. The van der Waals surface area contributed by atoms with Gasteiger partial charge in [-0.05, 0) is 25.7 Å². The van der Waals surface area contributed by atoms with Crippen LogP contribution in [0.1, 0.15) is 189 Å². The second kappa shape index (κ2) is 29.7.